The molecule has 0 aromatic heterocycles. The topological polar surface area (TPSA) is 0 Å². The zero-order valence-electron chi connectivity index (χ0n) is 24.6. The summed E-state index contributed by atoms with van der Waals surface area (Å²) >= 11 is 0. The Hall–Kier alpha value is -3.16. The van der Waals surface area contributed by atoms with Crippen molar-refractivity contribution in [2.75, 3.05) is 0 Å². The van der Waals surface area contributed by atoms with E-state index < -0.39 is 8.07 Å². The molecule has 5 rings (SSSR count). The highest BCUT2D eigenvalue weighted by atomic mass is 28.3. The van der Waals surface area contributed by atoms with Crippen molar-refractivity contribution in [1.82, 2.24) is 0 Å². The summed E-state index contributed by atoms with van der Waals surface area (Å²) in [5.74, 6) is 0.593. The number of unbranched alkanes of at least 4 members (excludes halogenated alkanes) is 2. The molecular weight excluding hydrogens is 485 g/mol. The molecule has 0 spiro atoms. The van der Waals surface area contributed by atoms with Crippen molar-refractivity contribution < 1.29 is 0 Å². The van der Waals surface area contributed by atoms with Gasteiger partial charge in [0.25, 0.3) is 0 Å². The summed E-state index contributed by atoms with van der Waals surface area (Å²) in [7, 11) is -1.38. The first-order valence-corrected chi connectivity index (χ1v) is 18.4. The van der Waals surface area contributed by atoms with Crippen LogP contribution in [-0.2, 0) is 5.41 Å². The molecule has 4 aromatic rings. The molecule has 1 aliphatic rings. The monoisotopic (exact) mass is 528 g/mol. The van der Waals surface area contributed by atoms with Crippen LogP contribution in [0.5, 0.6) is 0 Å². The minimum atomic E-state index is -1.38. The lowest BCUT2D eigenvalue weighted by Crippen LogP contribution is -2.38. The normalized spacial score (nSPS) is 16.9. The Kier molecular flexibility index (Phi) is 7.83. The van der Waals surface area contributed by atoms with Crippen LogP contribution < -0.4 is 5.19 Å². The third-order valence-electron chi connectivity index (χ3n) is 9.04. The first kappa shape index (κ1) is 27.4. The Morgan fingerprint density at radius 3 is 2.10 bits per heavy atom. The van der Waals surface area contributed by atoms with Gasteiger partial charge in [-0.2, -0.15) is 0 Å². The summed E-state index contributed by atoms with van der Waals surface area (Å²) in [5.41, 5.74) is 11.0. The standard InChI is InChI=1S/C38H44Si/c1-7-9-10-13-26-38(32-21-23-33(24-22-32)39(4,5)6)36-15-12-11-14-34(36)35-25-20-31(27-37(35)38)30-18-16-29(17-19-30)28(3)8-2/h7,11-12,14-25,27-28H,1,8-10,13,26H2,2-6H3. The van der Waals surface area contributed by atoms with Crippen LogP contribution in [0.2, 0.25) is 19.6 Å². The molecule has 200 valence electrons. The van der Waals surface area contributed by atoms with Crippen molar-refractivity contribution in [3.63, 3.8) is 0 Å². The van der Waals surface area contributed by atoms with Crippen LogP contribution >= 0.6 is 0 Å². The molecule has 0 nitrogen and oxygen atoms in total. The molecular formula is C38H44Si. The number of hydrogen-bond donors (Lipinski definition) is 0. The van der Waals surface area contributed by atoms with Crippen molar-refractivity contribution in [3.8, 4) is 22.3 Å². The SMILES string of the molecule is C=CCCCCC1(c2ccc([Si](C)(C)C)cc2)c2ccccc2-c2ccc(-c3ccc(C(C)CC)cc3)cc21. The minimum absolute atomic E-state index is 0.141. The van der Waals surface area contributed by atoms with Crippen LogP contribution in [0.4, 0.5) is 0 Å². The fourth-order valence-electron chi connectivity index (χ4n) is 6.45. The average molecular weight is 529 g/mol. The largest absolute Gasteiger partial charge is 0.103 e. The highest BCUT2D eigenvalue weighted by Crippen LogP contribution is 2.55. The number of benzene rings is 4. The van der Waals surface area contributed by atoms with Gasteiger partial charge < -0.3 is 0 Å². The fraction of sp³-hybridized carbons (Fsp3) is 0.316. The molecule has 2 atom stereocenters. The van der Waals surface area contributed by atoms with Crippen LogP contribution in [0.1, 0.15) is 74.1 Å². The van der Waals surface area contributed by atoms with Gasteiger partial charge in [-0.1, -0.05) is 136 Å². The number of fused-ring (bicyclic) bond motifs is 3. The first-order chi connectivity index (χ1) is 18.8. The summed E-state index contributed by atoms with van der Waals surface area (Å²) in [4.78, 5) is 0. The molecule has 0 N–H and O–H groups in total. The molecule has 0 aliphatic heterocycles. The van der Waals surface area contributed by atoms with Crippen LogP contribution in [0.3, 0.4) is 0 Å². The first-order valence-electron chi connectivity index (χ1n) is 14.9. The molecule has 1 aliphatic carbocycles. The van der Waals surface area contributed by atoms with Gasteiger partial charge in [0.1, 0.15) is 0 Å². The van der Waals surface area contributed by atoms with Crippen molar-refractivity contribution in [3.05, 3.63) is 126 Å². The van der Waals surface area contributed by atoms with E-state index in [1.54, 1.807) is 0 Å². The van der Waals surface area contributed by atoms with E-state index in [0.717, 1.165) is 12.8 Å². The highest BCUT2D eigenvalue weighted by Gasteiger charge is 2.44. The molecule has 2 unspecified atom stereocenters. The van der Waals surface area contributed by atoms with E-state index >= 15 is 0 Å². The maximum atomic E-state index is 3.98. The van der Waals surface area contributed by atoms with Gasteiger partial charge >= 0.3 is 0 Å². The number of rotatable bonds is 10. The molecule has 0 fully saturated rings. The van der Waals surface area contributed by atoms with E-state index in [1.807, 2.05) is 0 Å². The second-order valence-electron chi connectivity index (χ2n) is 12.5. The van der Waals surface area contributed by atoms with Gasteiger partial charge in [0.2, 0.25) is 0 Å². The van der Waals surface area contributed by atoms with Crippen molar-refractivity contribution in [1.29, 1.82) is 0 Å². The molecule has 0 bridgehead atoms. The van der Waals surface area contributed by atoms with Crippen molar-refractivity contribution in [2.24, 2.45) is 0 Å². The summed E-state index contributed by atoms with van der Waals surface area (Å²) in [5, 5.41) is 1.52. The lowest BCUT2D eigenvalue weighted by atomic mass is 9.69. The highest BCUT2D eigenvalue weighted by molar-refractivity contribution is 6.88. The molecule has 4 aromatic carbocycles. The second-order valence-corrected chi connectivity index (χ2v) is 17.6. The predicted octanol–water partition coefficient (Wildman–Crippen LogP) is 10.5. The third kappa shape index (κ3) is 5.10. The van der Waals surface area contributed by atoms with Crippen LogP contribution in [0.25, 0.3) is 22.3 Å². The summed E-state index contributed by atoms with van der Waals surface area (Å²) in [6, 6.07) is 35.4. The molecule has 0 radical (unpaired) electrons. The van der Waals surface area contributed by atoms with Crippen LogP contribution in [-0.4, -0.2) is 8.07 Å². The average Bonchev–Trinajstić information content (AvgIpc) is 3.24. The number of hydrogen-bond acceptors (Lipinski definition) is 0. The van der Waals surface area contributed by atoms with E-state index in [1.165, 1.54) is 69.0 Å². The van der Waals surface area contributed by atoms with E-state index in [9.17, 15) is 0 Å². The molecule has 0 saturated carbocycles. The fourth-order valence-corrected chi connectivity index (χ4v) is 7.61. The zero-order chi connectivity index (χ0) is 27.6. The Morgan fingerprint density at radius 2 is 1.44 bits per heavy atom. The minimum Gasteiger partial charge on any atom is -0.103 e. The van der Waals surface area contributed by atoms with Gasteiger partial charge in [-0.3, -0.25) is 0 Å². The van der Waals surface area contributed by atoms with Gasteiger partial charge in [0.05, 0.1) is 8.07 Å². The predicted molar refractivity (Wildman–Crippen MR) is 174 cm³/mol. The summed E-state index contributed by atoms with van der Waals surface area (Å²) in [6.45, 7) is 15.9. The van der Waals surface area contributed by atoms with Gasteiger partial charge in [0, 0.05) is 5.41 Å². The van der Waals surface area contributed by atoms with Gasteiger partial charge in [-0.25, -0.2) is 0 Å². The summed E-state index contributed by atoms with van der Waals surface area (Å²) in [6.07, 6.45) is 7.75. The quantitative estimate of drug-likeness (QED) is 0.109. The molecule has 0 amide bonds. The van der Waals surface area contributed by atoms with Crippen molar-refractivity contribution >= 4 is 13.3 Å². The van der Waals surface area contributed by atoms with Crippen LogP contribution in [0, 0.1) is 0 Å². The Morgan fingerprint density at radius 1 is 0.769 bits per heavy atom. The van der Waals surface area contributed by atoms with Gasteiger partial charge in [-0.05, 0) is 82.2 Å². The smallest absolute Gasteiger partial charge is 0.0775 e. The van der Waals surface area contributed by atoms with E-state index in [-0.39, 0.29) is 5.41 Å². The maximum absolute atomic E-state index is 3.98. The third-order valence-corrected chi connectivity index (χ3v) is 11.1. The Bertz CT molecular complexity index is 1440. The molecule has 0 heterocycles. The zero-order valence-corrected chi connectivity index (χ0v) is 25.6. The Labute approximate surface area is 237 Å². The van der Waals surface area contributed by atoms with Crippen LogP contribution in [0.15, 0.2) is 104 Å². The molecule has 1 heteroatoms. The van der Waals surface area contributed by atoms with E-state index in [0.29, 0.717) is 5.92 Å². The van der Waals surface area contributed by atoms with Gasteiger partial charge in [0.15, 0.2) is 0 Å². The Balaban J connectivity index is 1.68. The number of allylic oxidation sites excluding steroid dienone is 1. The van der Waals surface area contributed by atoms with E-state index in [4.69, 9.17) is 0 Å². The lowest BCUT2D eigenvalue weighted by Gasteiger charge is -2.34. The molecule has 0 saturated heterocycles. The lowest BCUT2D eigenvalue weighted by molar-refractivity contribution is 0.530. The van der Waals surface area contributed by atoms with E-state index in [2.05, 4.69) is 137 Å². The maximum Gasteiger partial charge on any atom is 0.0775 e. The summed E-state index contributed by atoms with van der Waals surface area (Å²) < 4.78 is 0. The van der Waals surface area contributed by atoms with Crippen molar-refractivity contribution in [2.45, 2.75) is 76.9 Å². The van der Waals surface area contributed by atoms with Gasteiger partial charge in [-0.15, -0.1) is 6.58 Å². The second kappa shape index (κ2) is 11.1. The molecule has 39 heavy (non-hydrogen) atoms.